The van der Waals surface area contributed by atoms with Crippen LogP contribution >= 0.6 is 27.5 Å². The van der Waals surface area contributed by atoms with E-state index in [4.69, 9.17) is 16.3 Å². The zero-order chi connectivity index (χ0) is 22.1. The molecular formula is C19H20BrClN2O6S. The molecule has 1 amide bonds. The SMILES string of the molecule is COCCNC(=O)c1cc(C2CC2)cc(NS(=O)(=O)c2cc(Br)cc(Cl)c2O)c1O. The van der Waals surface area contributed by atoms with Gasteiger partial charge in [-0.2, -0.15) is 0 Å². The molecule has 0 aromatic heterocycles. The number of carbonyl (C=O) groups is 1. The summed E-state index contributed by atoms with van der Waals surface area (Å²) in [6.45, 7) is 0.519. The van der Waals surface area contributed by atoms with Crippen molar-refractivity contribution in [1.82, 2.24) is 5.32 Å². The van der Waals surface area contributed by atoms with Crippen molar-refractivity contribution in [3.05, 3.63) is 44.9 Å². The van der Waals surface area contributed by atoms with Crippen molar-refractivity contribution >= 4 is 49.1 Å². The van der Waals surface area contributed by atoms with Gasteiger partial charge in [-0.05, 0) is 48.6 Å². The number of benzene rings is 2. The number of methoxy groups -OCH3 is 1. The summed E-state index contributed by atoms with van der Waals surface area (Å²) >= 11 is 9.02. The Morgan fingerprint density at radius 1 is 1.23 bits per heavy atom. The third kappa shape index (κ3) is 5.00. The van der Waals surface area contributed by atoms with E-state index in [2.05, 4.69) is 26.0 Å². The first-order valence-corrected chi connectivity index (χ1v) is 11.6. The largest absolute Gasteiger partial charge is 0.505 e. The van der Waals surface area contributed by atoms with Crippen LogP contribution in [-0.2, 0) is 14.8 Å². The van der Waals surface area contributed by atoms with Crippen LogP contribution in [0.15, 0.2) is 33.6 Å². The minimum absolute atomic E-state index is 0.0512. The molecule has 2 aromatic carbocycles. The molecule has 1 saturated carbocycles. The Labute approximate surface area is 187 Å². The van der Waals surface area contributed by atoms with Gasteiger partial charge >= 0.3 is 0 Å². The molecule has 2 aromatic rings. The highest BCUT2D eigenvalue weighted by atomic mass is 79.9. The van der Waals surface area contributed by atoms with Gasteiger partial charge in [0.25, 0.3) is 15.9 Å². The number of phenols is 2. The van der Waals surface area contributed by atoms with Crippen molar-refractivity contribution in [2.45, 2.75) is 23.7 Å². The smallest absolute Gasteiger partial charge is 0.265 e. The van der Waals surface area contributed by atoms with Crippen molar-refractivity contribution in [1.29, 1.82) is 0 Å². The predicted octanol–water partition coefficient (Wildman–Crippen LogP) is 3.57. The molecule has 0 atom stereocenters. The lowest BCUT2D eigenvalue weighted by Crippen LogP contribution is -2.27. The summed E-state index contributed by atoms with van der Waals surface area (Å²) in [7, 11) is -2.83. The predicted molar refractivity (Wildman–Crippen MR) is 116 cm³/mol. The fourth-order valence-electron chi connectivity index (χ4n) is 2.87. The standard InChI is InChI=1S/C19H20BrClN2O6S/c1-29-5-4-22-19(26)13-6-11(10-2-3-10)7-15(17(13)24)23-30(27,28)16-9-12(20)8-14(21)18(16)25/h6-10,23-25H,2-5H2,1H3,(H,22,26). The van der Waals surface area contributed by atoms with Gasteiger partial charge in [-0.1, -0.05) is 27.5 Å². The van der Waals surface area contributed by atoms with Gasteiger partial charge in [0, 0.05) is 18.1 Å². The highest BCUT2D eigenvalue weighted by molar-refractivity contribution is 9.10. The number of sulfonamides is 1. The number of phenolic OH excluding ortho intramolecular Hbond substituents is 2. The second-order valence-corrected chi connectivity index (χ2v) is 9.80. The second-order valence-electron chi connectivity index (χ2n) is 6.83. The highest BCUT2D eigenvalue weighted by Crippen LogP contribution is 2.44. The number of halogens is 2. The number of ether oxygens (including phenoxy) is 1. The van der Waals surface area contributed by atoms with Crippen LogP contribution in [0.5, 0.6) is 11.5 Å². The first kappa shape index (κ1) is 22.7. The Kier molecular flexibility index (Phi) is 6.81. The molecule has 0 heterocycles. The van der Waals surface area contributed by atoms with Gasteiger partial charge in [-0.3, -0.25) is 9.52 Å². The molecule has 4 N–H and O–H groups in total. The highest BCUT2D eigenvalue weighted by Gasteiger charge is 2.29. The number of hydrogen-bond acceptors (Lipinski definition) is 6. The maximum atomic E-state index is 12.9. The van der Waals surface area contributed by atoms with E-state index in [1.54, 1.807) is 6.07 Å². The van der Waals surface area contributed by atoms with Crippen LogP contribution in [0.2, 0.25) is 5.02 Å². The van der Waals surface area contributed by atoms with Crippen LogP contribution in [0.1, 0.15) is 34.7 Å². The zero-order valence-corrected chi connectivity index (χ0v) is 19.1. The van der Waals surface area contributed by atoms with Gasteiger partial charge in [0.2, 0.25) is 0 Å². The van der Waals surface area contributed by atoms with Gasteiger partial charge in [-0.25, -0.2) is 8.42 Å². The van der Waals surface area contributed by atoms with Gasteiger partial charge in [-0.15, -0.1) is 0 Å². The topological polar surface area (TPSA) is 125 Å². The molecule has 0 saturated heterocycles. The van der Waals surface area contributed by atoms with Crippen molar-refractivity contribution < 1.29 is 28.2 Å². The van der Waals surface area contributed by atoms with Gasteiger partial charge < -0.3 is 20.3 Å². The van der Waals surface area contributed by atoms with E-state index < -0.39 is 32.3 Å². The van der Waals surface area contributed by atoms with E-state index in [1.807, 2.05) is 0 Å². The van der Waals surface area contributed by atoms with Crippen LogP contribution in [0, 0.1) is 0 Å². The van der Waals surface area contributed by atoms with E-state index in [0.717, 1.165) is 18.4 Å². The van der Waals surface area contributed by atoms with Crippen molar-refractivity contribution in [2.24, 2.45) is 0 Å². The molecule has 3 rings (SSSR count). The number of aromatic hydroxyl groups is 2. The van der Waals surface area contributed by atoms with E-state index in [0.29, 0.717) is 4.47 Å². The quantitative estimate of drug-likeness (QED) is 0.312. The lowest BCUT2D eigenvalue weighted by Gasteiger charge is -2.16. The van der Waals surface area contributed by atoms with Crippen molar-refractivity contribution in [3.63, 3.8) is 0 Å². The summed E-state index contributed by atoms with van der Waals surface area (Å²) in [4.78, 5) is 12.0. The first-order valence-electron chi connectivity index (χ1n) is 8.99. The number of rotatable bonds is 8. The summed E-state index contributed by atoms with van der Waals surface area (Å²) in [5.41, 5.74) is 0.523. The molecular weight excluding hydrogens is 500 g/mol. The number of amides is 1. The van der Waals surface area contributed by atoms with Crippen LogP contribution in [-0.4, -0.2) is 44.8 Å². The molecule has 162 valence electrons. The average Bonchev–Trinajstić information content (AvgIpc) is 3.51. The van der Waals surface area contributed by atoms with E-state index >= 15 is 0 Å². The Hall–Kier alpha value is -2.01. The molecule has 0 aliphatic heterocycles. The molecule has 1 aliphatic rings. The van der Waals surface area contributed by atoms with Crippen molar-refractivity contribution in [3.8, 4) is 11.5 Å². The van der Waals surface area contributed by atoms with Crippen molar-refractivity contribution in [2.75, 3.05) is 25.0 Å². The molecule has 11 heteroatoms. The minimum atomic E-state index is -4.32. The van der Waals surface area contributed by atoms with Crippen LogP contribution in [0.3, 0.4) is 0 Å². The second kappa shape index (κ2) is 9.01. The zero-order valence-electron chi connectivity index (χ0n) is 15.9. The molecule has 1 fully saturated rings. The van der Waals surface area contributed by atoms with E-state index in [-0.39, 0.29) is 35.3 Å². The van der Waals surface area contributed by atoms with Crippen LogP contribution in [0.25, 0.3) is 0 Å². The molecule has 0 bridgehead atoms. The molecule has 0 radical (unpaired) electrons. The van der Waals surface area contributed by atoms with Gasteiger partial charge in [0.15, 0.2) is 11.5 Å². The normalized spacial score (nSPS) is 13.8. The lowest BCUT2D eigenvalue weighted by atomic mass is 10.0. The summed E-state index contributed by atoms with van der Waals surface area (Å²) in [5.74, 6) is -1.50. The Morgan fingerprint density at radius 2 is 1.93 bits per heavy atom. The molecule has 0 spiro atoms. The minimum Gasteiger partial charge on any atom is -0.505 e. The monoisotopic (exact) mass is 518 g/mol. The Morgan fingerprint density at radius 3 is 2.57 bits per heavy atom. The number of nitrogens with one attached hydrogen (secondary N) is 2. The number of carbonyl (C=O) groups excluding carboxylic acids is 1. The summed E-state index contributed by atoms with van der Waals surface area (Å²) in [5, 5.41) is 23.2. The first-order chi connectivity index (χ1) is 14.1. The molecule has 0 unspecified atom stereocenters. The number of anilines is 1. The van der Waals surface area contributed by atoms with E-state index in [1.165, 1.54) is 25.3 Å². The van der Waals surface area contributed by atoms with E-state index in [9.17, 15) is 23.4 Å². The third-order valence-electron chi connectivity index (χ3n) is 4.54. The molecule has 8 nitrogen and oxygen atoms in total. The Balaban J connectivity index is 2.00. The van der Waals surface area contributed by atoms with Gasteiger partial charge in [0.1, 0.15) is 4.90 Å². The maximum Gasteiger partial charge on any atom is 0.265 e. The summed E-state index contributed by atoms with van der Waals surface area (Å²) < 4.78 is 33.3. The maximum absolute atomic E-state index is 12.9. The third-order valence-corrected chi connectivity index (χ3v) is 6.67. The summed E-state index contributed by atoms with van der Waals surface area (Å²) in [6.07, 6.45) is 1.81. The molecule has 30 heavy (non-hydrogen) atoms. The van der Waals surface area contributed by atoms with Crippen LogP contribution < -0.4 is 10.0 Å². The number of hydrogen-bond donors (Lipinski definition) is 4. The average molecular weight is 520 g/mol. The fraction of sp³-hybridized carbons (Fsp3) is 0.316. The lowest BCUT2D eigenvalue weighted by molar-refractivity contribution is 0.0934. The molecule has 1 aliphatic carbocycles. The van der Waals surface area contributed by atoms with Gasteiger partial charge in [0.05, 0.1) is 22.9 Å². The fourth-order valence-corrected chi connectivity index (χ4v) is 5.09. The Bertz CT molecular complexity index is 1090. The summed E-state index contributed by atoms with van der Waals surface area (Å²) in [6, 6.07) is 5.58. The van der Waals surface area contributed by atoms with Crippen LogP contribution in [0.4, 0.5) is 5.69 Å².